The minimum atomic E-state index is 0.254. The Bertz CT molecular complexity index is 331. The van der Waals surface area contributed by atoms with Crippen molar-refractivity contribution in [1.82, 2.24) is 0 Å². The zero-order valence-electron chi connectivity index (χ0n) is 11.8. The van der Waals surface area contributed by atoms with Crippen LogP contribution in [0.4, 0.5) is 0 Å². The maximum absolute atomic E-state index is 11.7. The van der Waals surface area contributed by atoms with Crippen LogP contribution in [0.1, 0.15) is 66.2 Å². The Hall–Kier alpha value is -0.850. The Morgan fingerprint density at radius 2 is 2.06 bits per heavy atom. The highest BCUT2D eigenvalue weighted by Gasteiger charge is 2.28. The molecular formula is C16H26O. The number of ketones is 1. The molecule has 0 aliphatic heterocycles. The van der Waals surface area contributed by atoms with E-state index in [1.165, 1.54) is 30.4 Å². The molecule has 17 heavy (non-hydrogen) atoms. The van der Waals surface area contributed by atoms with Gasteiger partial charge < -0.3 is 0 Å². The van der Waals surface area contributed by atoms with E-state index in [2.05, 4.69) is 33.8 Å². The van der Waals surface area contributed by atoms with Crippen LogP contribution in [0.5, 0.6) is 0 Å². The van der Waals surface area contributed by atoms with Gasteiger partial charge in [0.15, 0.2) is 5.78 Å². The van der Waals surface area contributed by atoms with Crippen LogP contribution in [0.2, 0.25) is 0 Å². The molecule has 0 radical (unpaired) electrons. The summed E-state index contributed by atoms with van der Waals surface area (Å²) in [7, 11) is 0. The van der Waals surface area contributed by atoms with Crippen LogP contribution >= 0.6 is 0 Å². The molecule has 0 amide bonds. The van der Waals surface area contributed by atoms with Crippen LogP contribution in [0.25, 0.3) is 0 Å². The molecule has 1 aliphatic rings. The van der Waals surface area contributed by atoms with Gasteiger partial charge in [-0.25, -0.2) is 0 Å². The van der Waals surface area contributed by atoms with Crippen LogP contribution < -0.4 is 0 Å². The topological polar surface area (TPSA) is 17.1 Å². The van der Waals surface area contributed by atoms with Gasteiger partial charge in [-0.15, -0.1) is 0 Å². The van der Waals surface area contributed by atoms with E-state index in [0.29, 0.717) is 6.42 Å². The normalized spacial score (nSPS) is 19.3. The van der Waals surface area contributed by atoms with Crippen LogP contribution in [0, 0.1) is 5.41 Å². The first-order valence-corrected chi connectivity index (χ1v) is 6.88. The third-order valence-corrected chi connectivity index (χ3v) is 3.78. The molecule has 0 heterocycles. The van der Waals surface area contributed by atoms with Crippen molar-refractivity contribution in [1.29, 1.82) is 0 Å². The summed E-state index contributed by atoms with van der Waals surface area (Å²) in [4.78, 5) is 11.7. The molecule has 96 valence electrons. The lowest BCUT2D eigenvalue weighted by Crippen LogP contribution is -2.08. The fourth-order valence-corrected chi connectivity index (χ4v) is 2.52. The van der Waals surface area contributed by atoms with Gasteiger partial charge in [-0.2, -0.15) is 0 Å². The van der Waals surface area contributed by atoms with Gasteiger partial charge in [0.25, 0.3) is 0 Å². The van der Waals surface area contributed by atoms with Gasteiger partial charge in [0.1, 0.15) is 0 Å². The molecule has 0 unspecified atom stereocenters. The molecular weight excluding hydrogens is 208 g/mol. The highest BCUT2D eigenvalue weighted by Crippen LogP contribution is 2.42. The fourth-order valence-electron chi connectivity index (χ4n) is 2.52. The van der Waals surface area contributed by atoms with E-state index in [-0.39, 0.29) is 11.2 Å². The molecule has 1 aliphatic carbocycles. The molecule has 1 rings (SSSR count). The van der Waals surface area contributed by atoms with Crippen molar-refractivity contribution in [3.05, 3.63) is 23.3 Å². The molecule has 1 nitrogen and oxygen atoms in total. The average molecular weight is 234 g/mol. The SMILES string of the molecule is CCCCCC(=O)/C=C/C1=C(C)CCC1(C)C. The van der Waals surface area contributed by atoms with Gasteiger partial charge in [-0.1, -0.05) is 45.3 Å². The number of hydrogen-bond donors (Lipinski definition) is 0. The first kappa shape index (κ1) is 14.2. The van der Waals surface area contributed by atoms with E-state index in [9.17, 15) is 4.79 Å². The van der Waals surface area contributed by atoms with E-state index in [0.717, 1.165) is 12.8 Å². The van der Waals surface area contributed by atoms with E-state index in [1.807, 2.05) is 0 Å². The first-order valence-electron chi connectivity index (χ1n) is 6.88. The zero-order valence-corrected chi connectivity index (χ0v) is 11.8. The monoisotopic (exact) mass is 234 g/mol. The van der Waals surface area contributed by atoms with E-state index < -0.39 is 0 Å². The number of carbonyl (C=O) groups excluding carboxylic acids is 1. The summed E-state index contributed by atoms with van der Waals surface area (Å²) in [6.07, 6.45) is 10.3. The summed E-state index contributed by atoms with van der Waals surface area (Å²) in [6.45, 7) is 8.89. The zero-order chi connectivity index (χ0) is 12.9. The van der Waals surface area contributed by atoms with Crippen LogP contribution in [-0.2, 0) is 4.79 Å². The Morgan fingerprint density at radius 3 is 2.59 bits per heavy atom. The maximum atomic E-state index is 11.7. The molecule has 0 aromatic carbocycles. The molecule has 0 fully saturated rings. The molecule has 0 spiro atoms. The number of rotatable bonds is 6. The van der Waals surface area contributed by atoms with E-state index in [4.69, 9.17) is 0 Å². The first-order chi connectivity index (χ1) is 7.97. The number of carbonyl (C=O) groups is 1. The maximum Gasteiger partial charge on any atom is 0.155 e. The van der Waals surface area contributed by atoms with Gasteiger partial charge in [-0.3, -0.25) is 4.79 Å². The summed E-state index contributed by atoms with van der Waals surface area (Å²) in [5, 5.41) is 0. The highest BCUT2D eigenvalue weighted by atomic mass is 16.1. The Kier molecular flexibility index (Phi) is 5.17. The standard InChI is InChI=1S/C16H26O/c1-5-6-7-8-14(17)9-10-15-13(2)11-12-16(15,3)4/h9-10H,5-8,11-12H2,1-4H3/b10-9+. The highest BCUT2D eigenvalue weighted by molar-refractivity contribution is 5.90. The van der Waals surface area contributed by atoms with Crippen LogP contribution in [-0.4, -0.2) is 5.78 Å². The minimum Gasteiger partial charge on any atom is -0.295 e. The van der Waals surface area contributed by atoms with E-state index in [1.54, 1.807) is 6.08 Å². The lowest BCUT2D eigenvalue weighted by molar-refractivity contribution is -0.114. The number of hydrogen-bond acceptors (Lipinski definition) is 1. The average Bonchev–Trinajstić information content (AvgIpc) is 2.51. The van der Waals surface area contributed by atoms with Crippen molar-refractivity contribution in [2.24, 2.45) is 5.41 Å². The molecule has 0 atom stereocenters. The molecule has 0 aromatic heterocycles. The van der Waals surface area contributed by atoms with Crippen LogP contribution in [0.3, 0.4) is 0 Å². The Labute approximate surface area is 106 Å². The van der Waals surface area contributed by atoms with Gasteiger partial charge in [0, 0.05) is 6.42 Å². The Balaban J connectivity index is 2.53. The quantitative estimate of drug-likeness (QED) is 0.475. The van der Waals surface area contributed by atoms with Crippen molar-refractivity contribution in [3.8, 4) is 0 Å². The third kappa shape index (κ3) is 4.14. The van der Waals surface area contributed by atoms with Crippen molar-refractivity contribution in [3.63, 3.8) is 0 Å². The third-order valence-electron chi connectivity index (χ3n) is 3.78. The van der Waals surface area contributed by atoms with Crippen molar-refractivity contribution in [2.75, 3.05) is 0 Å². The summed E-state index contributed by atoms with van der Waals surface area (Å²) in [5.74, 6) is 0.279. The fraction of sp³-hybridized carbons (Fsp3) is 0.688. The van der Waals surface area contributed by atoms with Gasteiger partial charge in [0.05, 0.1) is 0 Å². The minimum absolute atomic E-state index is 0.254. The second-order valence-corrected chi connectivity index (χ2v) is 5.83. The Morgan fingerprint density at radius 1 is 1.35 bits per heavy atom. The lowest BCUT2D eigenvalue weighted by atomic mass is 9.85. The van der Waals surface area contributed by atoms with Gasteiger partial charge >= 0.3 is 0 Å². The summed E-state index contributed by atoms with van der Waals surface area (Å²) >= 11 is 0. The van der Waals surface area contributed by atoms with Gasteiger partial charge in [-0.05, 0) is 43.3 Å². The molecule has 0 saturated carbocycles. The smallest absolute Gasteiger partial charge is 0.155 e. The predicted molar refractivity (Wildman–Crippen MR) is 74.0 cm³/mol. The summed E-state index contributed by atoms with van der Waals surface area (Å²) in [5.41, 5.74) is 3.08. The van der Waals surface area contributed by atoms with Crippen LogP contribution in [0.15, 0.2) is 23.3 Å². The molecule has 0 saturated heterocycles. The van der Waals surface area contributed by atoms with Crippen molar-refractivity contribution < 1.29 is 4.79 Å². The number of allylic oxidation sites excluding steroid dienone is 4. The van der Waals surface area contributed by atoms with E-state index >= 15 is 0 Å². The summed E-state index contributed by atoms with van der Waals surface area (Å²) in [6, 6.07) is 0. The van der Waals surface area contributed by atoms with Crippen molar-refractivity contribution in [2.45, 2.75) is 66.2 Å². The molecule has 0 bridgehead atoms. The summed E-state index contributed by atoms with van der Waals surface area (Å²) < 4.78 is 0. The molecule has 0 N–H and O–H groups in total. The molecule has 0 aromatic rings. The van der Waals surface area contributed by atoms with Gasteiger partial charge in [0.2, 0.25) is 0 Å². The molecule has 1 heteroatoms. The largest absolute Gasteiger partial charge is 0.295 e. The second kappa shape index (κ2) is 6.18. The predicted octanol–water partition coefficient (Wildman–Crippen LogP) is 4.83. The van der Waals surface area contributed by atoms with Crippen molar-refractivity contribution >= 4 is 5.78 Å². The number of unbranched alkanes of at least 4 members (excludes halogenated alkanes) is 2. The second-order valence-electron chi connectivity index (χ2n) is 5.83. The lowest BCUT2D eigenvalue weighted by Gasteiger charge is -2.20.